The van der Waals surface area contributed by atoms with Crippen LogP contribution in [0.15, 0.2) is 30.5 Å². The van der Waals surface area contributed by atoms with E-state index in [0.29, 0.717) is 6.42 Å². The van der Waals surface area contributed by atoms with Gasteiger partial charge < -0.3 is 10.2 Å². The van der Waals surface area contributed by atoms with Gasteiger partial charge in [0.1, 0.15) is 5.82 Å². The van der Waals surface area contributed by atoms with Crippen molar-refractivity contribution < 1.29 is 9.59 Å². The molecule has 1 atom stereocenters. The fourth-order valence-corrected chi connectivity index (χ4v) is 3.29. The number of nitrogens with one attached hydrogen (secondary N) is 1. The summed E-state index contributed by atoms with van der Waals surface area (Å²) in [4.78, 5) is 38.3. The van der Waals surface area contributed by atoms with E-state index in [-0.39, 0.29) is 18.1 Å². The first kappa shape index (κ1) is 15.8. The zero-order valence-electron chi connectivity index (χ0n) is 14.1. The van der Waals surface area contributed by atoms with Crippen LogP contribution in [0.4, 0.5) is 10.6 Å². The number of rotatable bonds is 2. The Morgan fingerprint density at radius 3 is 2.52 bits per heavy atom. The second-order valence-electron chi connectivity index (χ2n) is 6.36. The molecule has 2 aliphatic heterocycles. The molecule has 2 aromatic rings. The maximum atomic E-state index is 11.9. The Morgan fingerprint density at radius 1 is 1.08 bits per heavy atom. The lowest BCUT2D eigenvalue weighted by molar-refractivity contribution is -0.130. The normalized spacial score (nSPS) is 22.4. The summed E-state index contributed by atoms with van der Waals surface area (Å²) in [5.74, 6) is 0.721. The highest BCUT2D eigenvalue weighted by molar-refractivity contribution is 5.96. The Bertz CT molecular complexity index is 800. The third kappa shape index (κ3) is 3.00. The maximum absolute atomic E-state index is 11.9. The number of carbonyl (C=O) groups is 2. The van der Waals surface area contributed by atoms with E-state index in [2.05, 4.69) is 25.1 Å². The number of piperazine rings is 1. The van der Waals surface area contributed by atoms with Gasteiger partial charge in [-0.05, 0) is 12.1 Å². The predicted octanol–water partition coefficient (Wildman–Crippen LogP) is 0.650. The van der Waals surface area contributed by atoms with Gasteiger partial charge in [-0.15, -0.1) is 0 Å². The molecule has 2 aliphatic rings. The molecule has 2 saturated heterocycles. The van der Waals surface area contributed by atoms with Crippen molar-refractivity contribution in [2.45, 2.75) is 12.6 Å². The van der Waals surface area contributed by atoms with Gasteiger partial charge in [-0.25, -0.2) is 9.78 Å². The molecule has 1 unspecified atom stereocenters. The molecule has 0 saturated carbocycles. The Balaban J connectivity index is 1.42. The second-order valence-corrected chi connectivity index (χ2v) is 6.36. The Hall–Kier alpha value is -2.74. The van der Waals surface area contributed by atoms with E-state index in [1.165, 1.54) is 7.05 Å². The van der Waals surface area contributed by atoms with Crippen molar-refractivity contribution in [2.24, 2.45) is 0 Å². The van der Waals surface area contributed by atoms with Gasteiger partial charge in [0.15, 0.2) is 0 Å². The number of hydrogen-bond acceptors (Lipinski definition) is 6. The van der Waals surface area contributed by atoms with Crippen molar-refractivity contribution in [1.29, 1.82) is 0 Å². The molecule has 0 radical (unpaired) electrons. The summed E-state index contributed by atoms with van der Waals surface area (Å²) in [5, 5.41) is 2.89. The number of para-hydroxylation sites is 2. The van der Waals surface area contributed by atoms with Crippen LogP contribution in [0, 0.1) is 0 Å². The largest absolute Gasteiger partial charge is 0.353 e. The molecule has 1 N–H and O–H groups in total. The summed E-state index contributed by atoms with van der Waals surface area (Å²) in [6.45, 7) is 3.08. The fourth-order valence-electron chi connectivity index (χ4n) is 3.29. The number of benzene rings is 1. The summed E-state index contributed by atoms with van der Waals surface area (Å²) < 4.78 is 0. The number of fused-ring (bicyclic) bond motifs is 1. The first-order valence-electron chi connectivity index (χ1n) is 8.39. The van der Waals surface area contributed by atoms with Gasteiger partial charge in [0.05, 0.1) is 29.8 Å². The molecule has 2 fully saturated rings. The molecule has 0 bridgehead atoms. The van der Waals surface area contributed by atoms with E-state index in [1.807, 2.05) is 24.3 Å². The van der Waals surface area contributed by atoms with Crippen molar-refractivity contribution in [1.82, 2.24) is 25.1 Å². The monoisotopic (exact) mass is 340 g/mol. The molecule has 4 rings (SSSR count). The van der Waals surface area contributed by atoms with E-state index in [0.717, 1.165) is 47.9 Å². The average Bonchev–Trinajstić information content (AvgIpc) is 2.65. The van der Waals surface area contributed by atoms with Crippen LogP contribution in [0.5, 0.6) is 0 Å². The third-order valence-electron chi connectivity index (χ3n) is 4.85. The molecular weight excluding hydrogens is 320 g/mol. The lowest BCUT2D eigenvalue weighted by atomic mass is 10.2. The summed E-state index contributed by atoms with van der Waals surface area (Å²) in [7, 11) is 1.50. The molecule has 0 spiro atoms. The lowest BCUT2D eigenvalue weighted by Crippen LogP contribution is -2.62. The predicted molar refractivity (Wildman–Crippen MR) is 93.0 cm³/mol. The molecule has 3 heterocycles. The lowest BCUT2D eigenvalue weighted by Gasteiger charge is -2.41. The minimum Gasteiger partial charge on any atom is -0.353 e. The molecule has 1 aromatic carbocycles. The smallest absolute Gasteiger partial charge is 0.325 e. The van der Waals surface area contributed by atoms with E-state index in [9.17, 15) is 9.59 Å². The van der Waals surface area contributed by atoms with E-state index in [4.69, 9.17) is 0 Å². The van der Waals surface area contributed by atoms with Crippen LogP contribution in [0.1, 0.15) is 6.42 Å². The average molecular weight is 340 g/mol. The van der Waals surface area contributed by atoms with Crippen molar-refractivity contribution in [3.05, 3.63) is 30.5 Å². The number of aromatic nitrogens is 2. The maximum Gasteiger partial charge on any atom is 0.325 e. The van der Waals surface area contributed by atoms with Gasteiger partial charge in [-0.3, -0.25) is 19.6 Å². The minimum absolute atomic E-state index is 0.142. The van der Waals surface area contributed by atoms with Crippen molar-refractivity contribution in [3.63, 3.8) is 0 Å². The second kappa shape index (κ2) is 6.29. The first-order chi connectivity index (χ1) is 12.1. The number of imide groups is 1. The number of urea groups is 1. The minimum atomic E-state index is -0.330. The SMILES string of the molecule is CN1C(=O)CC(N2CCN(c3cnc4ccccc4n3)CC2)NC1=O. The van der Waals surface area contributed by atoms with Crippen molar-refractivity contribution in [2.75, 3.05) is 38.1 Å². The number of hydrogen-bond donors (Lipinski definition) is 1. The molecule has 3 amide bonds. The van der Waals surface area contributed by atoms with Crippen LogP contribution < -0.4 is 10.2 Å². The number of anilines is 1. The molecule has 25 heavy (non-hydrogen) atoms. The molecule has 8 heteroatoms. The van der Waals surface area contributed by atoms with Gasteiger partial charge >= 0.3 is 6.03 Å². The van der Waals surface area contributed by atoms with Gasteiger partial charge in [-0.2, -0.15) is 0 Å². The standard InChI is InChI=1S/C17H20N6O2/c1-21-16(24)10-14(20-17(21)25)22-6-8-23(9-7-22)15-11-18-12-4-2-3-5-13(12)19-15/h2-5,11,14H,6-10H2,1H3,(H,20,25). The number of carbonyl (C=O) groups excluding carboxylic acids is 2. The topological polar surface area (TPSA) is 81.7 Å². The van der Waals surface area contributed by atoms with Crippen LogP contribution in [0.2, 0.25) is 0 Å². The number of amides is 3. The van der Waals surface area contributed by atoms with Gasteiger partial charge in [0, 0.05) is 33.2 Å². The Kier molecular flexibility index (Phi) is 3.96. The van der Waals surface area contributed by atoms with Crippen LogP contribution in [-0.4, -0.2) is 71.1 Å². The zero-order valence-corrected chi connectivity index (χ0v) is 14.1. The zero-order chi connectivity index (χ0) is 17.4. The van der Waals surface area contributed by atoms with E-state index < -0.39 is 0 Å². The van der Waals surface area contributed by atoms with Crippen LogP contribution in [0.3, 0.4) is 0 Å². The fraction of sp³-hybridized carbons (Fsp3) is 0.412. The first-order valence-corrected chi connectivity index (χ1v) is 8.39. The summed E-state index contributed by atoms with van der Waals surface area (Å²) in [6, 6.07) is 7.49. The molecule has 0 aliphatic carbocycles. The molecule has 8 nitrogen and oxygen atoms in total. The highest BCUT2D eigenvalue weighted by Crippen LogP contribution is 2.19. The van der Waals surface area contributed by atoms with Crippen LogP contribution >= 0.6 is 0 Å². The third-order valence-corrected chi connectivity index (χ3v) is 4.85. The quantitative estimate of drug-likeness (QED) is 0.864. The van der Waals surface area contributed by atoms with Gasteiger partial charge in [0.25, 0.3) is 0 Å². The molecular formula is C17H20N6O2. The molecule has 1 aromatic heterocycles. The highest BCUT2D eigenvalue weighted by Gasteiger charge is 2.34. The Labute approximate surface area is 145 Å². The summed E-state index contributed by atoms with van der Waals surface area (Å²) >= 11 is 0. The van der Waals surface area contributed by atoms with E-state index in [1.54, 1.807) is 6.20 Å². The van der Waals surface area contributed by atoms with Crippen molar-refractivity contribution in [3.8, 4) is 0 Å². The van der Waals surface area contributed by atoms with Crippen LogP contribution in [0.25, 0.3) is 11.0 Å². The van der Waals surface area contributed by atoms with Crippen molar-refractivity contribution >= 4 is 28.8 Å². The summed E-state index contributed by atoms with van der Waals surface area (Å²) in [6.07, 6.45) is 1.90. The van der Waals surface area contributed by atoms with Gasteiger partial charge in [0.2, 0.25) is 5.91 Å². The molecule has 130 valence electrons. The van der Waals surface area contributed by atoms with E-state index >= 15 is 0 Å². The van der Waals surface area contributed by atoms with Gasteiger partial charge in [-0.1, -0.05) is 12.1 Å². The Morgan fingerprint density at radius 2 is 1.80 bits per heavy atom. The van der Waals surface area contributed by atoms with Crippen LogP contribution in [-0.2, 0) is 4.79 Å². The highest BCUT2D eigenvalue weighted by atomic mass is 16.2. The number of nitrogens with zero attached hydrogens (tertiary/aromatic N) is 5. The summed E-state index contributed by atoms with van der Waals surface area (Å²) in [5.41, 5.74) is 1.77.